The smallest absolute Gasteiger partial charge is 0.189 e. The van der Waals surface area contributed by atoms with Gasteiger partial charge >= 0.3 is 0 Å². The van der Waals surface area contributed by atoms with E-state index in [-0.39, 0.29) is 0 Å². The molecule has 0 aliphatic heterocycles. The molecule has 0 aliphatic rings. The number of fused-ring (bicyclic) bond motifs is 1. The van der Waals surface area contributed by atoms with Gasteiger partial charge in [-0.1, -0.05) is 11.8 Å². The first-order chi connectivity index (χ1) is 5.81. The molecule has 0 saturated carbocycles. The molecule has 6 heteroatoms. The van der Waals surface area contributed by atoms with Gasteiger partial charge in [0.25, 0.3) is 0 Å². The SMILES string of the molecule is CSc1ncc2c(N)[nH]nc2n1. The summed E-state index contributed by atoms with van der Waals surface area (Å²) in [7, 11) is 0. The van der Waals surface area contributed by atoms with Crippen molar-refractivity contribution in [2.24, 2.45) is 0 Å². The molecule has 2 aromatic rings. The third-order valence-corrected chi connectivity index (χ3v) is 2.06. The quantitative estimate of drug-likeness (QED) is 0.499. The summed E-state index contributed by atoms with van der Waals surface area (Å²) in [6.45, 7) is 0. The summed E-state index contributed by atoms with van der Waals surface area (Å²) in [5, 5.41) is 8.03. The molecule has 0 spiro atoms. The van der Waals surface area contributed by atoms with Crippen LogP contribution in [-0.2, 0) is 0 Å². The van der Waals surface area contributed by atoms with Crippen molar-refractivity contribution in [2.75, 3.05) is 12.0 Å². The van der Waals surface area contributed by atoms with E-state index in [9.17, 15) is 0 Å². The Kier molecular flexibility index (Phi) is 1.61. The van der Waals surface area contributed by atoms with E-state index >= 15 is 0 Å². The average molecular weight is 181 g/mol. The van der Waals surface area contributed by atoms with E-state index in [2.05, 4.69) is 20.2 Å². The van der Waals surface area contributed by atoms with E-state index in [1.165, 1.54) is 11.8 Å². The van der Waals surface area contributed by atoms with Gasteiger partial charge in [0.1, 0.15) is 5.82 Å². The predicted octanol–water partition coefficient (Wildman–Crippen LogP) is 0.657. The predicted molar refractivity (Wildman–Crippen MR) is 47.9 cm³/mol. The molecule has 0 bridgehead atoms. The van der Waals surface area contributed by atoms with E-state index in [0.717, 1.165) is 5.39 Å². The molecule has 0 amide bonds. The van der Waals surface area contributed by atoms with Crippen molar-refractivity contribution < 1.29 is 0 Å². The maximum absolute atomic E-state index is 5.56. The van der Waals surface area contributed by atoms with Gasteiger partial charge in [-0.15, -0.1) is 0 Å². The first kappa shape index (κ1) is 7.35. The van der Waals surface area contributed by atoms with Crippen molar-refractivity contribution in [1.82, 2.24) is 20.2 Å². The maximum Gasteiger partial charge on any atom is 0.189 e. The zero-order valence-electron chi connectivity index (χ0n) is 6.40. The Morgan fingerprint density at radius 1 is 1.58 bits per heavy atom. The van der Waals surface area contributed by atoms with Crippen molar-refractivity contribution >= 4 is 28.6 Å². The second kappa shape index (κ2) is 2.63. The average Bonchev–Trinajstić information content (AvgIpc) is 2.47. The zero-order chi connectivity index (χ0) is 8.55. The van der Waals surface area contributed by atoms with Crippen molar-refractivity contribution in [2.45, 2.75) is 5.16 Å². The molecule has 0 aliphatic carbocycles. The molecular weight excluding hydrogens is 174 g/mol. The minimum atomic E-state index is 0.512. The second-order valence-electron chi connectivity index (χ2n) is 2.23. The van der Waals surface area contributed by atoms with Crippen molar-refractivity contribution in [3.63, 3.8) is 0 Å². The Balaban J connectivity index is 2.69. The molecule has 0 unspecified atom stereocenters. The number of hydrogen-bond acceptors (Lipinski definition) is 5. The van der Waals surface area contributed by atoms with Crippen LogP contribution in [0.15, 0.2) is 11.4 Å². The summed E-state index contributed by atoms with van der Waals surface area (Å²) in [5.74, 6) is 0.512. The number of aromatic nitrogens is 4. The van der Waals surface area contributed by atoms with Crippen LogP contribution in [0.2, 0.25) is 0 Å². The summed E-state index contributed by atoms with van der Waals surface area (Å²) in [6, 6.07) is 0. The molecule has 0 aromatic carbocycles. The number of rotatable bonds is 1. The maximum atomic E-state index is 5.56. The minimum absolute atomic E-state index is 0.512. The van der Waals surface area contributed by atoms with Gasteiger partial charge in [-0.25, -0.2) is 9.97 Å². The Morgan fingerprint density at radius 3 is 3.17 bits per heavy atom. The normalized spacial score (nSPS) is 10.8. The third kappa shape index (κ3) is 1.00. The van der Waals surface area contributed by atoms with Crippen molar-refractivity contribution in [3.05, 3.63) is 6.20 Å². The molecular formula is C6H7N5S. The van der Waals surface area contributed by atoms with Gasteiger partial charge in [0.05, 0.1) is 5.39 Å². The van der Waals surface area contributed by atoms with Crippen LogP contribution in [-0.4, -0.2) is 26.4 Å². The summed E-state index contributed by atoms with van der Waals surface area (Å²) in [4.78, 5) is 8.21. The first-order valence-corrected chi connectivity index (χ1v) is 4.54. The lowest BCUT2D eigenvalue weighted by molar-refractivity contribution is 0.985. The number of thioether (sulfide) groups is 1. The highest BCUT2D eigenvalue weighted by Crippen LogP contribution is 2.16. The van der Waals surface area contributed by atoms with Crippen molar-refractivity contribution in [1.29, 1.82) is 0 Å². The lowest BCUT2D eigenvalue weighted by Crippen LogP contribution is -1.87. The van der Waals surface area contributed by atoms with Crippen LogP contribution in [0.25, 0.3) is 11.0 Å². The fourth-order valence-corrected chi connectivity index (χ4v) is 1.24. The van der Waals surface area contributed by atoms with E-state index < -0.39 is 0 Å². The molecule has 12 heavy (non-hydrogen) atoms. The summed E-state index contributed by atoms with van der Waals surface area (Å²) >= 11 is 1.48. The first-order valence-electron chi connectivity index (χ1n) is 3.32. The van der Waals surface area contributed by atoms with Crippen LogP contribution >= 0.6 is 11.8 Å². The summed E-state index contributed by atoms with van der Waals surface area (Å²) in [5.41, 5.74) is 6.18. The molecule has 3 N–H and O–H groups in total. The Hall–Kier alpha value is -1.30. The van der Waals surface area contributed by atoms with Gasteiger partial charge in [-0.05, 0) is 6.26 Å². The number of nitrogens with zero attached hydrogens (tertiary/aromatic N) is 3. The third-order valence-electron chi connectivity index (χ3n) is 1.50. The summed E-state index contributed by atoms with van der Waals surface area (Å²) < 4.78 is 0. The number of aromatic amines is 1. The van der Waals surface area contributed by atoms with Crippen molar-refractivity contribution in [3.8, 4) is 0 Å². The Morgan fingerprint density at radius 2 is 2.42 bits per heavy atom. The van der Waals surface area contributed by atoms with Crippen LogP contribution < -0.4 is 5.73 Å². The van der Waals surface area contributed by atoms with Crippen LogP contribution in [0.4, 0.5) is 5.82 Å². The molecule has 2 heterocycles. The lowest BCUT2D eigenvalue weighted by atomic mass is 10.4. The molecule has 0 fully saturated rings. The van der Waals surface area contributed by atoms with E-state index in [1.807, 2.05) is 6.26 Å². The van der Waals surface area contributed by atoms with Crippen LogP contribution in [0.1, 0.15) is 0 Å². The van der Waals surface area contributed by atoms with E-state index in [0.29, 0.717) is 16.6 Å². The molecule has 5 nitrogen and oxygen atoms in total. The number of anilines is 1. The highest BCUT2D eigenvalue weighted by molar-refractivity contribution is 7.98. The second-order valence-corrected chi connectivity index (χ2v) is 3.00. The molecule has 0 radical (unpaired) electrons. The number of nitrogens with one attached hydrogen (secondary N) is 1. The van der Waals surface area contributed by atoms with E-state index in [4.69, 9.17) is 5.73 Å². The largest absolute Gasteiger partial charge is 0.383 e. The van der Waals surface area contributed by atoms with Gasteiger partial charge in [0.2, 0.25) is 0 Å². The number of nitrogens with two attached hydrogens (primary N) is 1. The Bertz CT molecular complexity index is 409. The number of hydrogen-bond donors (Lipinski definition) is 2. The highest BCUT2D eigenvalue weighted by atomic mass is 32.2. The Labute approximate surface area is 72.8 Å². The minimum Gasteiger partial charge on any atom is -0.383 e. The fourth-order valence-electron chi connectivity index (χ4n) is 0.904. The van der Waals surface area contributed by atoms with Gasteiger partial charge < -0.3 is 5.73 Å². The van der Waals surface area contributed by atoms with Gasteiger partial charge in [0.15, 0.2) is 10.8 Å². The highest BCUT2D eigenvalue weighted by Gasteiger charge is 2.04. The van der Waals surface area contributed by atoms with Gasteiger partial charge in [0, 0.05) is 6.20 Å². The monoisotopic (exact) mass is 181 g/mol. The fraction of sp³-hybridized carbons (Fsp3) is 0.167. The van der Waals surface area contributed by atoms with Gasteiger partial charge in [-0.3, -0.25) is 5.10 Å². The van der Waals surface area contributed by atoms with Gasteiger partial charge in [-0.2, -0.15) is 5.10 Å². The lowest BCUT2D eigenvalue weighted by Gasteiger charge is -1.92. The van der Waals surface area contributed by atoms with Crippen LogP contribution in [0, 0.1) is 0 Å². The van der Waals surface area contributed by atoms with Crippen LogP contribution in [0.3, 0.4) is 0 Å². The standard InChI is InChI=1S/C6H7N5S/c1-12-6-8-2-3-4(7)10-11-5(3)9-6/h2H,1H3,(H3,7,8,9,10,11). The molecule has 62 valence electrons. The summed E-state index contributed by atoms with van der Waals surface area (Å²) in [6.07, 6.45) is 3.59. The molecule has 0 saturated heterocycles. The molecule has 0 atom stereocenters. The van der Waals surface area contributed by atoms with E-state index in [1.54, 1.807) is 6.20 Å². The zero-order valence-corrected chi connectivity index (χ0v) is 7.22. The molecule has 2 aromatic heterocycles. The van der Waals surface area contributed by atoms with Crippen LogP contribution in [0.5, 0.6) is 0 Å². The molecule has 2 rings (SSSR count). The number of nitrogen functional groups attached to an aromatic ring is 1. The number of H-pyrrole nitrogens is 1. The topological polar surface area (TPSA) is 80.5 Å².